The largest absolute Gasteiger partial charge is 0.267 e. The summed E-state index contributed by atoms with van der Waals surface area (Å²) in [7, 11) is 0. The van der Waals surface area contributed by atoms with Crippen molar-refractivity contribution in [1.29, 1.82) is 5.26 Å². The highest BCUT2D eigenvalue weighted by Gasteiger charge is 2.03. The summed E-state index contributed by atoms with van der Waals surface area (Å²) in [4.78, 5) is 3.91. The van der Waals surface area contributed by atoms with E-state index < -0.39 is 0 Å². The number of rotatable bonds is 2. The molecule has 2 heterocycles. The Balaban J connectivity index is 2.24. The topological polar surface area (TPSA) is 54.5 Å². The van der Waals surface area contributed by atoms with Crippen LogP contribution in [0.15, 0.2) is 24.5 Å². The van der Waals surface area contributed by atoms with Crippen molar-refractivity contribution in [2.24, 2.45) is 0 Å². The molecule has 2 rings (SSSR count). The van der Waals surface area contributed by atoms with E-state index in [1.54, 1.807) is 23.1 Å². The van der Waals surface area contributed by atoms with Crippen LogP contribution in [0.25, 0.3) is 0 Å². The van der Waals surface area contributed by atoms with Gasteiger partial charge in [0, 0.05) is 12.4 Å². The van der Waals surface area contributed by atoms with Gasteiger partial charge in [-0.05, 0) is 24.6 Å². The van der Waals surface area contributed by atoms with Gasteiger partial charge < -0.3 is 0 Å². The van der Waals surface area contributed by atoms with Crippen LogP contribution in [0.4, 0.5) is 0 Å². The number of nitriles is 1. The molecule has 0 bridgehead atoms. The molecule has 16 heavy (non-hydrogen) atoms. The van der Waals surface area contributed by atoms with Crippen LogP contribution in [0.3, 0.4) is 0 Å². The highest BCUT2D eigenvalue weighted by Crippen LogP contribution is 2.13. The predicted octanol–water partition coefficient (Wildman–Crippen LogP) is 2.16. The molecule has 0 saturated carbocycles. The molecule has 0 aliphatic heterocycles. The van der Waals surface area contributed by atoms with Gasteiger partial charge in [-0.3, -0.25) is 4.68 Å². The van der Waals surface area contributed by atoms with E-state index in [2.05, 4.69) is 10.1 Å². The molecule has 4 nitrogen and oxygen atoms in total. The number of hydrogen-bond acceptors (Lipinski definition) is 3. The first kappa shape index (κ1) is 10.7. The van der Waals surface area contributed by atoms with E-state index in [0.29, 0.717) is 17.3 Å². The number of aromatic nitrogens is 3. The maximum Gasteiger partial charge on any atom is 0.140 e. The van der Waals surface area contributed by atoms with Crippen molar-refractivity contribution in [1.82, 2.24) is 14.8 Å². The molecule has 2 aromatic rings. The van der Waals surface area contributed by atoms with E-state index in [4.69, 9.17) is 16.9 Å². The lowest BCUT2D eigenvalue weighted by molar-refractivity contribution is 0.678. The molecule has 0 aliphatic rings. The summed E-state index contributed by atoms with van der Waals surface area (Å²) in [6.45, 7) is 2.44. The van der Waals surface area contributed by atoms with Crippen LogP contribution in [0.1, 0.15) is 17.0 Å². The van der Waals surface area contributed by atoms with E-state index >= 15 is 0 Å². The van der Waals surface area contributed by atoms with Crippen molar-refractivity contribution >= 4 is 11.6 Å². The molecule has 0 atom stereocenters. The van der Waals surface area contributed by atoms with Gasteiger partial charge in [0.25, 0.3) is 0 Å². The van der Waals surface area contributed by atoms with E-state index in [-0.39, 0.29) is 0 Å². The van der Waals surface area contributed by atoms with Gasteiger partial charge in [0.05, 0.1) is 17.3 Å². The lowest BCUT2D eigenvalue weighted by Crippen LogP contribution is -2.01. The van der Waals surface area contributed by atoms with Crippen molar-refractivity contribution in [3.8, 4) is 6.07 Å². The summed E-state index contributed by atoms with van der Waals surface area (Å²) in [6.07, 6.45) is 3.38. The third-order valence-electron chi connectivity index (χ3n) is 2.17. The average Bonchev–Trinajstić information content (AvgIpc) is 2.58. The Morgan fingerprint density at radius 3 is 3.00 bits per heavy atom. The zero-order chi connectivity index (χ0) is 11.5. The summed E-state index contributed by atoms with van der Waals surface area (Å²) in [5.41, 5.74) is 2.19. The SMILES string of the molecule is Cc1nn(Cc2ccnc(C#N)c2)cc1Cl. The first-order valence-electron chi connectivity index (χ1n) is 4.73. The monoisotopic (exact) mass is 232 g/mol. The molecule has 0 unspecified atom stereocenters. The first-order chi connectivity index (χ1) is 7.69. The Bertz CT molecular complexity index is 534. The van der Waals surface area contributed by atoms with Crippen LogP contribution in [0, 0.1) is 18.3 Å². The Hall–Kier alpha value is -1.86. The van der Waals surface area contributed by atoms with Crippen molar-refractivity contribution in [3.63, 3.8) is 0 Å². The minimum absolute atomic E-state index is 0.410. The second kappa shape index (κ2) is 4.33. The Morgan fingerprint density at radius 2 is 2.38 bits per heavy atom. The molecule has 0 aliphatic carbocycles. The maximum absolute atomic E-state index is 8.72. The van der Waals surface area contributed by atoms with Gasteiger partial charge in [-0.25, -0.2) is 4.98 Å². The lowest BCUT2D eigenvalue weighted by Gasteiger charge is -2.01. The van der Waals surface area contributed by atoms with Crippen molar-refractivity contribution in [2.75, 3.05) is 0 Å². The molecule has 2 aromatic heterocycles. The maximum atomic E-state index is 8.72. The third kappa shape index (κ3) is 2.20. The van der Waals surface area contributed by atoms with Crippen molar-refractivity contribution in [3.05, 3.63) is 46.5 Å². The van der Waals surface area contributed by atoms with Crippen LogP contribution < -0.4 is 0 Å². The van der Waals surface area contributed by atoms with E-state index in [0.717, 1.165) is 11.3 Å². The van der Waals surface area contributed by atoms with Crippen molar-refractivity contribution < 1.29 is 0 Å². The Kier molecular flexibility index (Phi) is 2.88. The summed E-state index contributed by atoms with van der Waals surface area (Å²) in [5, 5.41) is 13.6. The summed E-state index contributed by atoms with van der Waals surface area (Å²) >= 11 is 5.91. The van der Waals surface area contributed by atoms with Gasteiger partial charge in [-0.1, -0.05) is 11.6 Å². The van der Waals surface area contributed by atoms with E-state index in [1.807, 2.05) is 19.1 Å². The minimum Gasteiger partial charge on any atom is -0.267 e. The third-order valence-corrected chi connectivity index (χ3v) is 2.54. The van der Waals surface area contributed by atoms with E-state index in [9.17, 15) is 0 Å². The molecule has 5 heteroatoms. The predicted molar refractivity (Wildman–Crippen MR) is 60.0 cm³/mol. The number of hydrogen-bond donors (Lipinski definition) is 0. The molecule has 0 fully saturated rings. The second-order valence-corrected chi connectivity index (χ2v) is 3.83. The molecule has 0 N–H and O–H groups in total. The number of aryl methyl sites for hydroxylation is 1. The lowest BCUT2D eigenvalue weighted by atomic mass is 10.2. The summed E-state index contributed by atoms with van der Waals surface area (Å²) < 4.78 is 1.74. The fraction of sp³-hybridized carbons (Fsp3) is 0.182. The molecule has 0 spiro atoms. The average molecular weight is 233 g/mol. The Morgan fingerprint density at radius 1 is 1.56 bits per heavy atom. The molecule has 80 valence electrons. The van der Waals surface area contributed by atoms with Crippen LogP contribution in [-0.2, 0) is 6.54 Å². The summed E-state index contributed by atoms with van der Waals surface area (Å²) in [6, 6.07) is 5.60. The van der Waals surface area contributed by atoms with Gasteiger partial charge in [-0.2, -0.15) is 10.4 Å². The van der Waals surface area contributed by atoms with Crippen LogP contribution in [0.5, 0.6) is 0 Å². The van der Waals surface area contributed by atoms with Gasteiger partial charge in [0.1, 0.15) is 11.8 Å². The molecule has 0 radical (unpaired) electrons. The zero-order valence-electron chi connectivity index (χ0n) is 8.68. The zero-order valence-corrected chi connectivity index (χ0v) is 9.44. The van der Waals surface area contributed by atoms with Gasteiger partial charge in [0.2, 0.25) is 0 Å². The van der Waals surface area contributed by atoms with Crippen molar-refractivity contribution in [2.45, 2.75) is 13.5 Å². The van der Waals surface area contributed by atoms with Crippen LogP contribution in [0.2, 0.25) is 5.02 Å². The quantitative estimate of drug-likeness (QED) is 0.797. The molecular weight excluding hydrogens is 224 g/mol. The van der Waals surface area contributed by atoms with Crippen LogP contribution in [-0.4, -0.2) is 14.8 Å². The number of nitrogens with zero attached hydrogens (tertiary/aromatic N) is 4. The highest BCUT2D eigenvalue weighted by molar-refractivity contribution is 6.31. The molecular formula is C11H9ClN4. The standard InChI is InChI=1S/C11H9ClN4/c1-8-11(12)7-16(15-8)6-9-2-3-14-10(4-9)5-13/h2-4,7H,6H2,1H3. The highest BCUT2D eigenvalue weighted by atomic mass is 35.5. The second-order valence-electron chi connectivity index (χ2n) is 3.42. The minimum atomic E-state index is 0.410. The first-order valence-corrected chi connectivity index (χ1v) is 5.11. The number of halogens is 1. The normalized spacial score (nSPS) is 10.1. The fourth-order valence-corrected chi connectivity index (χ4v) is 1.55. The molecule has 0 amide bonds. The Labute approximate surface area is 98.1 Å². The smallest absolute Gasteiger partial charge is 0.140 e. The van der Waals surface area contributed by atoms with Gasteiger partial charge >= 0.3 is 0 Å². The van der Waals surface area contributed by atoms with E-state index in [1.165, 1.54) is 0 Å². The van der Waals surface area contributed by atoms with Gasteiger partial charge in [0.15, 0.2) is 0 Å². The molecule has 0 aromatic carbocycles. The summed E-state index contributed by atoms with van der Waals surface area (Å²) in [5.74, 6) is 0. The van der Waals surface area contributed by atoms with Crippen LogP contribution >= 0.6 is 11.6 Å². The fourth-order valence-electron chi connectivity index (χ4n) is 1.40. The van der Waals surface area contributed by atoms with Gasteiger partial charge in [-0.15, -0.1) is 0 Å². The number of pyridine rings is 1. The molecule has 0 saturated heterocycles.